The van der Waals surface area contributed by atoms with Crippen molar-refractivity contribution in [3.8, 4) is 0 Å². The molecular formula is C23H32N4O3S. The maximum absolute atomic E-state index is 12.8. The van der Waals surface area contributed by atoms with E-state index in [-0.39, 0.29) is 10.9 Å². The topological polar surface area (TPSA) is 81.8 Å². The molecular weight excluding hydrogens is 412 g/mol. The molecule has 1 fully saturated rings. The summed E-state index contributed by atoms with van der Waals surface area (Å²) in [5.74, 6) is 0.661. The lowest BCUT2D eigenvalue weighted by Crippen LogP contribution is -2.34. The number of anilines is 1. The van der Waals surface area contributed by atoms with Gasteiger partial charge in [0.15, 0.2) is 0 Å². The second-order valence-electron chi connectivity index (χ2n) is 8.19. The average molecular weight is 445 g/mol. The highest BCUT2D eigenvalue weighted by atomic mass is 32.2. The predicted octanol–water partition coefficient (Wildman–Crippen LogP) is 3.36. The Hall–Kier alpha value is -2.42. The summed E-state index contributed by atoms with van der Waals surface area (Å²) in [7, 11) is 0.0890. The van der Waals surface area contributed by atoms with Gasteiger partial charge in [0, 0.05) is 25.8 Å². The minimum atomic E-state index is -3.61. The average Bonchev–Trinajstić information content (AvgIpc) is 2.76. The van der Waals surface area contributed by atoms with Crippen molar-refractivity contribution in [1.82, 2.24) is 14.5 Å². The standard InChI is InChI=1S/C23H32N4O3S/c1-26-16-13-19(14-17-26)12-15-24-23(28)25-21-8-10-22(11-9-21)31(29,30)27(2)18-20-6-4-3-5-7-20/h3-11,19H,12-18H2,1-2H3,(H2,24,25,28). The lowest BCUT2D eigenvalue weighted by atomic mass is 9.94. The van der Waals surface area contributed by atoms with Crippen molar-refractivity contribution >= 4 is 21.7 Å². The SMILES string of the molecule is CN1CCC(CCNC(=O)Nc2ccc(S(=O)(=O)N(C)Cc3ccccc3)cc2)CC1. The van der Waals surface area contributed by atoms with E-state index >= 15 is 0 Å². The van der Waals surface area contributed by atoms with Gasteiger partial charge in [-0.3, -0.25) is 0 Å². The van der Waals surface area contributed by atoms with Crippen LogP contribution in [0.5, 0.6) is 0 Å². The number of nitrogens with one attached hydrogen (secondary N) is 2. The van der Waals surface area contributed by atoms with Gasteiger partial charge in [-0.15, -0.1) is 0 Å². The summed E-state index contributed by atoms with van der Waals surface area (Å²) >= 11 is 0. The van der Waals surface area contributed by atoms with E-state index in [0.717, 1.165) is 25.1 Å². The van der Waals surface area contributed by atoms with Gasteiger partial charge in [-0.25, -0.2) is 13.2 Å². The molecule has 7 nitrogen and oxygen atoms in total. The molecule has 0 aliphatic carbocycles. The van der Waals surface area contributed by atoms with Crippen molar-refractivity contribution in [3.63, 3.8) is 0 Å². The molecule has 2 aromatic carbocycles. The molecule has 3 rings (SSSR count). The first-order valence-electron chi connectivity index (χ1n) is 10.7. The van der Waals surface area contributed by atoms with Crippen molar-refractivity contribution in [1.29, 1.82) is 0 Å². The molecule has 0 unspecified atom stereocenters. The van der Waals surface area contributed by atoms with Crippen molar-refractivity contribution in [3.05, 3.63) is 60.2 Å². The first-order valence-corrected chi connectivity index (χ1v) is 12.1. The first-order chi connectivity index (χ1) is 14.8. The van der Waals surface area contributed by atoms with Gasteiger partial charge in [0.1, 0.15) is 0 Å². The Morgan fingerprint density at radius 3 is 2.35 bits per heavy atom. The van der Waals surface area contributed by atoms with E-state index in [9.17, 15) is 13.2 Å². The molecule has 1 aliphatic rings. The number of carbonyl (C=O) groups excluding carboxylic acids is 1. The van der Waals surface area contributed by atoms with Crippen LogP contribution in [-0.4, -0.2) is 57.4 Å². The molecule has 2 N–H and O–H groups in total. The largest absolute Gasteiger partial charge is 0.338 e. The summed E-state index contributed by atoms with van der Waals surface area (Å²) in [6.07, 6.45) is 3.33. The van der Waals surface area contributed by atoms with Gasteiger partial charge in [-0.2, -0.15) is 4.31 Å². The highest BCUT2D eigenvalue weighted by molar-refractivity contribution is 7.89. The number of hydrogen-bond acceptors (Lipinski definition) is 4. The molecule has 2 amide bonds. The van der Waals surface area contributed by atoms with Crippen molar-refractivity contribution < 1.29 is 13.2 Å². The van der Waals surface area contributed by atoms with Crippen LogP contribution in [0.4, 0.5) is 10.5 Å². The molecule has 0 spiro atoms. The highest BCUT2D eigenvalue weighted by Gasteiger charge is 2.21. The van der Waals surface area contributed by atoms with E-state index in [1.165, 1.54) is 29.3 Å². The van der Waals surface area contributed by atoms with Crippen LogP contribution in [0.3, 0.4) is 0 Å². The molecule has 168 valence electrons. The van der Waals surface area contributed by atoms with Gasteiger partial charge in [-0.1, -0.05) is 30.3 Å². The van der Waals surface area contributed by atoms with Gasteiger partial charge in [0.05, 0.1) is 4.90 Å². The van der Waals surface area contributed by atoms with Crippen molar-refractivity contribution in [2.24, 2.45) is 5.92 Å². The highest BCUT2D eigenvalue weighted by Crippen LogP contribution is 2.20. The van der Waals surface area contributed by atoms with Gasteiger partial charge in [0.25, 0.3) is 0 Å². The number of urea groups is 1. The number of amides is 2. The molecule has 1 heterocycles. The van der Waals surface area contributed by atoms with E-state index in [1.54, 1.807) is 19.2 Å². The zero-order valence-corrected chi connectivity index (χ0v) is 19.1. The molecule has 31 heavy (non-hydrogen) atoms. The zero-order valence-electron chi connectivity index (χ0n) is 18.3. The van der Waals surface area contributed by atoms with Crippen LogP contribution in [0, 0.1) is 5.92 Å². The summed E-state index contributed by atoms with van der Waals surface area (Å²) in [6.45, 7) is 3.17. The second-order valence-corrected chi connectivity index (χ2v) is 10.2. The molecule has 2 aromatic rings. The minimum absolute atomic E-state index is 0.194. The third-order valence-electron chi connectivity index (χ3n) is 5.74. The fourth-order valence-electron chi connectivity index (χ4n) is 3.73. The molecule has 1 aliphatic heterocycles. The van der Waals surface area contributed by atoms with Gasteiger partial charge < -0.3 is 15.5 Å². The first kappa shape index (κ1) is 23.2. The lowest BCUT2D eigenvalue weighted by molar-refractivity contribution is 0.211. The van der Waals surface area contributed by atoms with Gasteiger partial charge in [0.2, 0.25) is 10.0 Å². The lowest BCUT2D eigenvalue weighted by Gasteiger charge is -2.28. The number of rotatable bonds is 8. The minimum Gasteiger partial charge on any atom is -0.338 e. The van der Waals surface area contributed by atoms with E-state index < -0.39 is 10.0 Å². The molecule has 0 bridgehead atoms. The Kier molecular flexibility index (Phi) is 8.06. The summed E-state index contributed by atoms with van der Waals surface area (Å²) in [6, 6.07) is 15.4. The van der Waals surface area contributed by atoms with Crippen LogP contribution in [0.1, 0.15) is 24.8 Å². The number of piperidine rings is 1. The number of likely N-dealkylation sites (tertiary alicyclic amines) is 1. The Morgan fingerprint density at radius 2 is 1.71 bits per heavy atom. The Balaban J connectivity index is 1.48. The molecule has 0 radical (unpaired) electrons. The van der Waals surface area contributed by atoms with E-state index in [0.29, 0.717) is 24.7 Å². The van der Waals surface area contributed by atoms with Crippen molar-refractivity contribution in [2.45, 2.75) is 30.7 Å². The number of carbonyl (C=O) groups is 1. The number of nitrogens with zero attached hydrogens (tertiary/aromatic N) is 2. The molecule has 0 saturated carbocycles. The maximum Gasteiger partial charge on any atom is 0.319 e. The van der Waals surface area contributed by atoms with E-state index in [2.05, 4.69) is 22.6 Å². The fraction of sp³-hybridized carbons (Fsp3) is 0.435. The normalized spacial score (nSPS) is 15.7. The van der Waals surface area contributed by atoms with Crippen LogP contribution >= 0.6 is 0 Å². The van der Waals surface area contributed by atoms with Crippen LogP contribution in [0.25, 0.3) is 0 Å². The Bertz CT molecular complexity index is 941. The molecule has 0 aromatic heterocycles. The summed E-state index contributed by atoms with van der Waals surface area (Å²) < 4.78 is 26.9. The maximum atomic E-state index is 12.8. The summed E-state index contributed by atoms with van der Waals surface area (Å²) in [5, 5.41) is 5.66. The van der Waals surface area contributed by atoms with Crippen LogP contribution in [0.15, 0.2) is 59.5 Å². The van der Waals surface area contributed by atoms with Gasteiger partial charge >= 0.3 is 6.03 Å². The van der Waals surface area contributed by atoms with Gasteiger partial charge in [-0.05, 0) is 75.1 Å². The Morgan fingerprint density at radius 1 is 1.06 bits per heavy atom. The summed E-state index contributed by atoms with van der Waals surface area (Å²) in [5.41, 5.74) is 1.48. The Labute approximate surface area is 185 Å². The van der Waals surface area contributed by atoms with Crippen LogP contribution in [-0.2, 0) is 16.6 Å². The molecule has 0 atom stereocenters. The number of sulfonamides is 1. The second kappa shape index (κ2) is 10.7. The monoisotopic (exact) mass is 444 g/mol. The van der Waals surface area contributed by atoms with Crippen molar-refractivity contribution in [2.75, 3.05) is 39.0 Å². The van der Waals surface area contributed by atoms with Crippen LogP contribution in [0.2, 0.25) is 0 Å². The van der Waals surface area contributed by atoms with E-state index in [4.69, 9.17) is 0 Å². The van der Waals surface area contributed by atoms with E-state index in [1.807, 2.05) is 30.3 Å². The van der Waals surface area contributed by atoms with Crippen LogP contribution < -0.4 is 10.6 Å². The zero-order chi connectivity index (χ0) is 22.3. The molecule has 1 saturated heterocycles. The quantitative estimate of drug-likeness (QED) is 0.654. The third-order valence-corrected chi connectivity index (χ3v) is 7.56. The third kappa shape index (κ3) is 6.78. The smallest absolute Gasteiger partial charge is 0.319 e. The molecule has 8 heteroatoms. The summed E-state index contributed by atoms with van der Waals surface area (Å²) in [4.78, 5) is 14.7. The number of benzene rings is 2. The fourth-order valence-corrected chi connectivity index (χ4v) is 4.89. The predicted molar refractivity (Wildman–Crippen MR) is 123 cm³/mol. The number of hydrogen-bond donors (Lipinski definition) is 2.